The van der Waals surface area contributed by atoms with E-state index in [4.69, 9.17) is 15.4 Å². The second-order valence-electron chi connectivity index (χ2n) is 3.70. The highest BCUT2D eigenvalue weighted by molar-refractivity contribution is 8.13. The molecule has 2 rings (SSSR count). The summed E-state index contributed by atoms with van der Waals surface area (Å²) < 4.78 is 27.8. The van der Waals surface area contributed by atoms with E-state index in [1.54, 1.807) is 12.1 Å². The molecule has 4 nitrogen and oxygen atoms in total. The molecule has 1 heterocycles. The third kappa shape index (κ3) is 2.31. The van der Waals surface area contributed by atoms with E-state index in [-0.39, 0.29) is 4.90 Å². The number of fused-ring (bicyclic) bond motifs is 1. The molecule has 6 heteroatoms. The number of hydrogen-bond acceptors (Lipinski definition) is 4. The Bertz CT molecular complexity index is 501. The molecule has 0 spiro atoms. The first-order valence-corrected chi connectivity index (χ1v) is 7.16. The van der Waals surface area contributed by atoms with Gasteiger partial charge in [0.1, 0.15) is 0 Å². The molecule has 1 aromatic carbocycles. The number of benzene rings is 1. The van der Waals surface area contributed by atoms with Crippen LogP contribution in [-0.2, 0) is 20.4 Å². The van der Waals surface area contributed by atoms with Crippen LogP contribution in [0.25, 0.3) is 0 Å². The number of hydrogen-bond donors (Lipinski definition) is 0. The summed E-state index contributed by atoms with van der Waals surface area (Å²) in [7, 11) is 3.55. The van der Waals surface area contributed by atoms with Crippen LogP contribution in [0.15, 0.2) is 23.1 Å². The molecule has 0 bridgehead atoms. The van der Waals surface area contributed by atoms with Crippen LogP contribution in [-0.4, -0.2) is 28.6 Å². The van der Waals surface area contributed by atoms with Crippen LogP contribution in [0.2, 0.25) is 0 Å². The molecule has 0 amide bonds. The number of ether oxygens (including phenoxy) is 1. The van der Waals surface area contributed by atoms with Crippen LogP contribution >= 0.6 is 10.7 Å². The summed E-state index contributed by atoms with van der Waals surface area (Å²) in [5.74, 6) is 0. The van der Waals surface area contributed by atoms with E-state index < -0.39 is 9.05 Å². The highest BCUT2D eigenvalue weighted by Crippen LogP contribution is 2.27. The van der Waals surface area contributed by atoms with E-state index in [1.807, 2.05) is 11.9 Å². The maximum absolute atomic E-state index is 11.2. The Kier molecular flexibility index (Phi) is 3.10. The standard InChI is InChI=1S/C10H12ClNO3S/c1-12-4-5-15-7-8-2-3-9(6-10(8)12)16(11,13)14/h2-3,6H,4-5,7H2,1H3. The summed E-state index contributed by atoms with van der Waals surface area (Å²) in [6, 6.07) is 4.84. The van der Waals surface area contributed by atoms with Crippen molar-refractivity contribution in [3.05, 3.63) is 23.8 Å². The highest BCUT2D eigenvalue weighted by Gasteiger charge is 2.17. The van der Waals surface area contributed by atoms with Crippen molar-refractivity contribution in [2.45, 2.75) is 11.5 Å². The van der Waals surface area contributed by atoms with Crippen molar-refractivity contribution < 1.29 is 13.2 Å². The Balaban J connectivity index is 2.51. The van der Waals surface area contributed by atoms with Crippen LogP contribution < -0.4 is 4.90 Å². The molecule has 1 aliphatic heterocycles. The lowest BCUT2D eigenvalue weighted by molar-refractivity contribution is 0.133. The van der Waals surface area contributed by atoms with Crippen molar-refractivity contribution in [2.24, 2.45) is 0 Å². The van der Waals surface area contributed by atoms with E-state index in [9.17, 15) is 8.42 Å². The third-order valence-electron chi connectivity index (χ3n) is 2.58. The van der Waals surface area contributed by atoms with Crippen LogP contribution in [0, 0.1) is 0 Å². The zero-order valence-electron chi connectivity index (χ0n) is 8.81. The molecule has 0 aliphatic carbocycles. The molecule has 1 aromatic rings. The minimum atomic E-state index is -3.67. The largest absolute Gasteiger partial charge is 0.375 e. The molecule has 0 N–H and O–H groups in total. The Morgan fingerprint density at radius 2 is 2.19 bits per heavy atom. The molecule has 0 aromatic heterocycles. The first kappa shape index (κ1) is 11.7. The van der Waals surface area contributed by atoms with Gasteiger partial charge in [-0.05, 0) is 12.1 Å². The van der Waals surface area contributed by atoms with E-state index in [0.717, 1.165) is 17.8 Å². The van der Waals surface area contributed by atoms with E-state index in [0.29, 0.717) is 13.2 Å². The van der Waals surface area contributed by atoms with Crippen LogP contribution in [0.1, 0.15) is 5.56 Å². The molecular formula is C10H12ClNO3S. The summed E-state index contributed by atoms with van der Waals surface area (Å²) in [6.07, 6.45) is 0. The maximum Gasteiger partial charge on any atom is 0.261 e. The molecule has 0 saturated heterocycles. The summed E-state index contributed by atoms with van der Waals surface area (Å²) in [4.78, 5) is 2.09. The van der Waals surface area contributed by atoms with Gasteiger partial charge in [0.25, 0.3) is 9.05 Å². The Morgan fingerprint density at radius 1 is 1.44 bits per heavy atom. The first-order valence-electron chi connectivity index (χ1n) is 4.85. The smallest absolute Gasteiger partial charge is 0.261 e. The second-order valence-corrected chi connectivity index (χ2v) is 6.27. The molecule has 0 radical (unpaired) electrons. The van der Waals surface area contributed by atoms with Gasteiger partial charge in [0.05, 0.1) is 18.1 Å². The number of nitrogens with zero attached hydrogens (tertiary/aromatic N) is 1. The summed E-state index contributed by atoms with van der Waals surface area (Å²) in [6.45, 7) is 1.87. The quantitative estimate of drug-likeness (QED) is 0.720. The fraction of sp³-hybridized carbons (Fsp3) is 0.400. The Labute approximate surface area is 99.2 Å². The fourth-order valence-corrected chi connectivity index (χ4v) is 2.45. The Hall–Kier alpha value is -0.780. The normalized spacial score (nSPS) is 16.8. The molecule has 0 fully saturated rings. The molecule has 16 heavy (non-hydrogen) atoms. The van der Waals surface area contributed by atoms with Crippen molar-refractivity contribution in [1.82, 2.24) is 0 Å². The first-order chi connectivity index (χ1) is 7.48. The van der Waals surface area contributed by atoms with Gasteiger partial charge in [-0.2, -0.15) is 0 Å². The Morgan fingerprint density at radius 3 is 2.88 bits per heavy atom. The van der Waals surface area contributed by atoms with Gasteiger partial charge in [0.15, 0.2) is 0 Å². The van der Waals surface area contributed by atoms with Gasteiger partial charge < -0.3 is 9.64 Å². The number of halogens is 1. The molecule has 0 saturated carbocycles. The summed E-state index contributed by atoms with van der Waals surface area (Å²) in [5.41, 5.74) is 1.84. The molecule has 0 unspecified atom stereocenters. The van der Waals surface area contributed by atoms with Gasteiger partial charge in [-0.15, -0.1) is 0 Å². The van der Waals surface area contributed by atoms with Crippen molar-refractivity contribution in [2.75, 3.05) is 25.1 Å². The maximum atomic E-state index is 11.2. The van der Waals surface area contributed by atoms with E-state index in [1.165, 1.54) is 6.07 Å². The van der Waals surface area contributed by atoms with Crippen LogP contribution in [0.4, 0.5) is 5.69 Å². The monoisotopic (exact) mass is 261 g/mol. The number of anilines is 1. The van der Waals surface area contributed by atoms with Crippen LogP contribution in [0.3, 0.4) is 0 Å². The van der Waals surface area contributed by atoms with Gasteiger partial charge in [-0.3, -0.25) is 0 Å². The summed E-state index contributed by atoms with van der Waals surface area (Å²) in [5, 5.41) is 0. The number of likely N-dealkylation sites (N-methyl/N-ethyl adjacent to an activating group) is 1. The molecule has 0 atom stereocenters. The van der Waals surface area contributed by atoms with E-state index in [2.05, 4.69) is 0 Å². The van der Waals surface area contributed by atoms with Crippen molar-refractivity contribution in [3.8, 4) is 0 Å². The molecular weight excluding hydrogens is 250 g/mol. The zero-order valence-corrected chi connectivity index (χ0v) is 10.4. The SMILES string of the molecule is CN1CCOCc2ccc(S(=O)(=O)Cl)cc21. The van der Waals surface area contributed by atoms with E-state index >= 15 is 0 Å². The predicted molar refractivity (Wildman–Crippen MR) is 62.4 cm³/mol. The fourth-order valence-electron chi connectivity index (χ4n) is 1.68. The predicted octanol–water partition coefficient (Wildman–Crippen LogP) is 1.58. The minimum Gasteiger partial charge on any atom is -0.375 e. The topological polar surface area (TPSA) is 46.6 Å². The van der Waals surface area contributed by atoms with Gasteiger partial charge >= 0.3 is 0 Å². The van der Waals surface area contributed by atoms with Crippen molar-refractivity contribution in [3.63, 3.8) is 0 Å². The average molecular weight is 262 g/mol. The second kappa shape index (κ2) is 4.24. The lowest BCUT2D eigenvalue weighted by Gasteiger charge is -2.18. The van der Waals surface area contributed by atoms with Gasteiger partial charge in [-0.1, -0.05) is 6.07 Å². The minimum absolute atomic E-state index is 0.127. The van der Waals surface area contributed by atoms with Crippen molar-refractivity contribution in [1.29, 1.82) is 0 Å². The summed E-state index contributed by atoms with van der Waals surface area (Å²) >= 11 is 0. The number of rotatable bonds is 1. The van der Waals surface area contributed by atoms with Gasteiger partial charge in [0.2, 0.25) is 0 Å². The third-order valence-corrected chi connectivity index (χ3v) is 3.93. The lowest BCUT2D eigenvalue weighted by atomic mass is 10.2. The zero-order chi connectivity index (χ0) is 11.8. The highest BCUT2D eigenvalue weighted by atomic mass is 35.7. The van der Waals surface area contributed by atoms with Gasteiger partial charge in [0, 0.05) is 35.5 Å². The molecule has 1 aliphatic rings. The molecule has 88 valence electrons. The van der Waals surface area contributed by atoms with Crippen molar-refractivity contribution >= 4 is 25.4 Å². The average Bonchev–Trinajstić information content (AvgIpc) is 2.39. The lowest BCUT2D eigenvalue weighted by Crippen LogP contribution is -2.20. The van der Waals surface area contributed by atoms with Crippen LogP contribution in [0.5, 0.6) is 0 Å². The van der Waals surface area contributed by atoms with Gasteiger partial charge in [-0.25, -0.2) is 8.42 Å².